The van der Waals surface area contributed by atoms with Crippen molar-refractivity contribution in [1.82, 2.24) is 0 Å². The van der Waals surface area contributed by atoms with Crippen molar-refractivity contribution in [1.29, 1.82) is 0 Å². The van der Waals surface area contributed by atoms with Gasteiger partial charge in [0, 0.05) is 0 Å². The maximum atomic E-state index is 15.3. The summed E-state index contributed by atoms with van der Waals surface area (Å²) in [5.41, 5.74) is 0. The largest absolute Gasteiger partial charge is 0.458 e. The maximum Gasteiger partial charge on any atom is 0.458 e. The Morgan fingerprint density at radius 3 is 0.909 bits per heavy atom. The first-order chi connectivity index (χ1) is 21.1. The second kappa shape index (κ2) is 16.6. The second-order valence-corrected chi connectivity index (χ2v) is 19.7. The summed E-state index contributed by atoms with van der Waals surface area (Å²) in [6.07, 6.45) is 20.6. The first-order valence-corrected chi connectivity index (χ1v) is 21.7. The van der Waals surface area contributed by atoms with E-state index in [-0.39, 0.29) is 30.5 Å². The van der Waals surface area contributed by atoms with Crippen LogP contribution in [-0.2, 0) is 27.2 Å². The van der Waals surface area contributed by atoms with Crippen LogP contribution >= 0.6 is 15.5 Å². The Morgan fingerprint density at radius 2 is 0.659 bits per heavy atom. The van der Waals surface area contributed by atoms with Gasteiger partial charge in [-0.3, -0.25) is 22.6 Å². The maximum absolute atomic E-state index is 15.3. The molecule has 9 heteroatoms. The summed E-state index contributed by atoms with van der Waals surface area (Å²) in [6.45, 7) is 11.5. The van der Waals surface area contributed by atoms with Crippen LogP contribution in [0.4, 0.5) is 0 Å². The monoisotopic (exact) mass is 657 g/mol. The molecule has 5 rings (SSSR count). The van der Waals surface area contributed by atoms with Gasteiger partial charge in [0.2, 0.25) is 0 Å². The summed E-state index contributed by atoms with van der Waals surface area (Å²) >= 11 is 0. The summed E-state index contributed by atoms with van der Waals surface area (Å²) in [6, 6.07) is 0. The highest BCUT2D eigenvalue weighted by atomic mass is 31.2. The fraction of sp³-hybridized carbons (Fsp3) is 1.00. The van der Waals surface area contributed by atoms with Gasteiger partial charge >= 0.3 is 15.5 Å². The zero-order valence-corrected chi connectivity index (χ0v) is 30.5. The number of hydrogen-bond donors (Lipinski definition) is 0. The number of rotatable bonds is 11. The second-order valence-electron chi connectivity index (χ2n) is 16.0. The van der Waals surface area contributed by atoms with E-state index in [0.29, 0.717) is 29.6 Å². The zero-order valence-electron chi connectivity index (χ0n) is 28.7. The van der Waals surface area contributed by atoms with E-state index in [1.165, 1.54) is 32.1 Å². The van der Waals surface area contributed by atoms with Crippen LogP contribution < -0.4 is 0 Å². The first kappa shape index (κ1) is 35.6. The fourth-order valence-corrected chi connectivity index (χ4v) is 13.6. The molecule has 0 aromatic rings. The molecule has 5 saturated carbocycles. The van der Waals surface area contributed by atoms with E-state index in [1.54, 1.807) is 0 Å². The molecule has 0 aromatic carbocycles. The Kier molecular flexibility index (Phi) is 13.4. The smallest absolute Gasteiger partial charge is 0.299 e. The van der Waals surface area contributed by atoms with Crippen LogP contribution in [-0.4, -0.2) is 30.5 Å². The van der Waals surface area contributed by atoms with Crippen molar-refractivity contribution in [2.45, 2.75) is 194 Å². The van der Waals surface area contributed by atoms with E-state index in [0.717, 1.165) is 96.3 Å². The average Bonchev–Trinajstić information content (AvgIpc) is 2.93. The van der Waals surface area contributed by atoms with Crippen LogP contribution in [0.15, 0.2) is 4.52 Å². The normalized spacial score (nSPS) is 41.8. The standard InChI is InChI=1S/C35H65NO6P2/c1-26-11-6-16-31(21-26)38-43(37,39-32-17-7-12-27(2)22-32)36-44(40-33-18-8-13-28(3)23-33,41-34-19-9-14-29(4)24-34)42-35-20-10-15-30(5)25-35/h26-35H,6-25H2,1-5H3. The topological polar surface area (TPSA) is 75.6 Å². The van der Waals surface area contributed by atoms with Crippen molar-refractivity contribution in [3.05, 3.63) is 0 Å². The Bertz CT molecular complexity index is 900. The molecule has 0 amide bonds. The van der Waals surface area contributed by atoms with Crippen molar-refractivity contribution in [2.75, 3.05) is 0 Å². The summed E-state index contributed by atoms with van der Waals surface area (Å²) in [5, 5.41) is 0. The summed E-state index contributed by atoms with van der Waals surface area (Å²) < 4.78 is 55.0. The van der Waals surface area contributed by atoms with Crippen LogP contribution in [0.3, 0.4) is 0 Å². The highest BCUT2D eigenvalue weighted by Gasteiger charge is 2.44. The van der Waals surface area contributed by atoms with Gasteiger partial charge in [-0.25, -0.2) is 4.57 Å². The Labute approximate surface area is 269 Å². The molecule has 0 aromatic heterocycles. The van der Waals surface area contributed by atoms with Crippen molar-refractivity contribution in [2.24, 2.45) is 34.1 Å². The van der Waals surface area contributed by atoms with Crippen LogP contribution in [0.25, 0.3) is 0 Å². The molecular weight excluding hydrogens is 592 g/mol. The summed E-state index contributed by atoms with van der Waals surface area (Å²) in [5.74, 6) is 2.80. The molecule has 0 saturated heterocycles. The van der Waals surface area contributed by atoms with Crippen molar-refractivity contribution < 1.29 is 27.2 Å². The third kappa shape index (κ3) is 10.9. The van der Waals surface area contributed by atoms with Gasteiger partial charge in [-0.15, -0.1) is 4.52 Å². The molecule has 10 atom stereocenters. The van der Waals surface area contributed by atoms with Gasteiger partial charge in [-0.1, -0.05) is 98.8 Å². The first-order valence-electron chi connectivity index (χ1n) is 18.7. The Morgan fingerprint density at radius 1 is 0.409 bits per heavy atom. The average molecular weight is 658 g/mol. The van der Waals surface area contributed by atoms with E-state index in [9.17, 15) is 0 Å². The van der Waals surface area contributed by atoms with Gasteiger partial charge in [0.15, 0.2) is 0 Å². The van der Waals surface area contributed by atoms with Gasteiger partial charge in [0.05, 0.1) is 30.5 Å². The Balaban J connectivity index is 1.55. The lowest BCUT2D eigenvalue weighted by Gasteiger charge is -2.39. The van der Waals surface area contributed by atoms with Crippen LogP contribution in [0.2, 0.25) is 0 Å². The minimum Gasteiger partial charge on any atom is -0.299 e. The SMILES string of the molecule is CC1CCCC(OP(=O)(N=P(OC2CCCC(C)C2)(OC2CCCC(C)C2)OC2CCCC(C)C2)OC2CCCC(C)C2)C1. The molecule has 44 heavy (non-hydrogen) atoms. The van der Waals surface area contributed by atoms with E-state index in [4.69, 9.17) is 27.1 Å². The molecule has 0 spiro atoms. The Hall–Kier alpha value is 0.260. The van der Waals surface area contributed by atoms with E-state index >= 15 is 4.57 Å². The third-order valence-corrected chi connectivity index (χ3v) is 15.6. The molecule has 256 valence electrons. The lowest BCUT2D eigenvalue weighted by atomic mass is 9.89. The van der Waals surface area contributed by atoms with Gasteiger partial charge in [-0.2, -0.15) is 0 Å². The highest BCUT2D eigenvalue weighted by molar-refractivity contribution is 7.63. The number of hydrogen-bond acceptors (Lipinski definition) is 6. The quantitative estimate of drug-likeness (QED) is 0.206. The molecule has 7 nitrogen and oxygen atoms in total. The van der Waals surface area contributed by atoms with Crippen molar-refractivity contribution in [3.63, 3.8) is 0 Å². The fourth-order valence-electron chi connectivity index (χ4n) is 8.65. The number of nitrogens with zero attached hydrogens (tertiary/aromatic N) is 1. The van der Waals surface area contributed by atoms with Crippen molar-refractivity contribution >= 4 is 15.5 Å². The van der Waals surface area contributed by atoms with Gasteiger partial charge in [0.1, 0.15) is 0 Å². The van der Waals surface area contributed by atoms with E-state index in [2.05, 4.69) is 34.6 Å². The minimum atomic E-state index is -3.98. The predicted octanol–water partition coefficient (Wildman–Crippen LogP) is 12.0. The molecule has 5 aliphatic carbocycles. The van der Waals surface area contributed by atoms with Crippen LogP contribution in [0.1, 0.15) is 163 Å². The molecule has 0 aliphatic heterocycles. The minimum absolute atomic E-state index is 0.0179. The summed E-state index contributed by atoms with van der Waals surface area (Å²) in [7, 11) is -7.44. The summed E-state index contributed by atoms with van der Waals surface area (Å²) in [4.78, 5) is 0. The zero-order chi connectivity index (χ0) is 31.2. The molecule has 5 aliphatic rings. The molecule has 5 fully saturated rings. The highest BCUT2D eigenvalue weighted by Crippen LogP contribution is 2.69. The molecule has 0 N–H and O–H groups in total. The van der Waals surface area contributed by atoms with Gasteiger partial charge in [-0.05, 0) is 93.8 Å². The lowest BCUT2D eigenvalue weighted by molar-refractivity contribution is 0.0122. The van der Waals surface area contributed by atoms with Crippen LogP contribution in [0, 0.1) is 29.6 Å². The van der Waals surface area contributed by atoms with E-state index in [1.807, 2.05) is 0 Å². The molecular formula is C35H65NO6P2. The van der Waals surface area contributed by atoms with Gasteiger partial charge in [0.25, 0.3) is 0 Å². The molecule has 0 radical (unpaired) electrons. The van der Waals surface area contributed by atoms with Crippen LogP contribution in [0.5, 0.6) is 0 Å². The van der Waals surface area contributed by atoms with Gasteiger partial charge < -0.3 is 0 Å². The molecule has 0 heterocycles. The molecule has 0 bridgehead atoms. The predicted molar refractivity (Wildman–Crippen MR) is 179 cm³/mol. The third-order valence-electron chi connectivity index (χ3n) is 11.1. The van der Waals surface area contributed by atoms with Crippen molar-refractivity contribution in [3.8, 4) is 0 Å². The molecule has 10 unspecified atom stereocenters. The van der Waals surface area contributed by atoms with E-state index < -0.39 is 15.5 Å². The lowest BCUT2D eigenvalue weighted by Crippen LogP contribution is -2.28.